The van der Waals surface area contributed by atoms with E-state index in [1.165, 1.54) is 77.0 Å². The Balaban J connectivity index is 0.000000371. The highest BCUT2D eigenvalue weighted by Crippen LogP contribution is 2.10. The van der Waals surface area contributed by atoms with Crippen LogP contribution in [0.3, 0.4) is 0 Å². The van der Waals surface area contributed by atoms with E-state index in [1.54, 1.807) is 0 Å². The van der Waals surface area contributed by atoms with Gasteiger partial charge in [-0.3, -0.25) is 0 Å². The van der Waals surface area contributed by atoms with E-state index in [9.17, 15) is 0 Å². The molecule has 37 heavy (non-hydrogen) atoms. The van der Waals surface area contributed by atoms with Crippen LogP contribution in [0.15, 0.2) is 85.0 Å². The van der Waals surface area contributed by atoms with E-state index in [-0.39, 0.29) is 13.6 Å². The van der Waals surface area contributed by atoms with Gasteiger partial charge in [-0.15, -0.1) is 0 Å². The summed E-state index contributed by atoms with van der Waals surface area (Å²) in [6, 6.07) is 20.0. The van der Waals surface area contributed by atoms with Gasteiger partial charge in [0.15, 0.2) is 0 Å². The van der Waals surface area contributed by atoms with E-state index in [4.69, 9.17) is 14.2 Å². The summed E-state index contributed by atoms with van der Waals surface area (Å²) in [5, 5.41) is 0. The fourth-order valence-electron chi connectivity index (χ4n) is 3.69. The number of benzene rings is 2. The average molecular weight is 509 g/mol. The molecule has 2 aromatic rings. The largest absolute Gasteiger partial charge is 0.351 e. The molecule has 0 heterocycles. The summed E-state index contributed by atoms with van der Waals surface area (Å²) in [5.41, 5.74) is 2.27. The molecule has 0 aliphatic rings. The highest BCUT2D eigenvalue weighted by Gasteiger charge is 1.94. The van der Waals surface area contributed by atoms with Crippen LogP contribution in [0.2, 0.25) is 0 Å². The van der Waals surface area contributed by atoms with Crippen molar-refractivity contribution in [1.82, 2.24) is 0 Å². The summed E-state index contributed by atoms with van der Waals surface area (Å²) in [6.45, 7) is 6.05. The van der Waals surface area contributed by atoms with Gasteiger partial charge in [0.2, 0.25) is 0 Å². The number of hydrogen-bond donors (Lipinski definition) is 0. The first kappa shape index (κ1) is 32.8. The number of rotatable bonds is 21. The second-order valence-corrected chi connectivity index (χ2v) is 9.30. The molecular weight excluding hydrogens is 456 g/mol. The molecule has 3 heteroatoms. The van der Waals surface area contributed by atoms with Gasteiger partial charge < -0.3 is 14.2 Å². The topological polar surface area (TPSA) is 27.7 Å². The quantitative estimate of drug-likeness (QED) is 0.0953. The summed E-state index contributed by atoms with van der Waals surface area (Å²) in [5.74, 6) is 0. The van der Waals surface area contributed by atoms with E-state index in [0.717, 1.165) is 11.1 Å². The first-order chi connectivity index (χ1) is 18.4. The molecule has 2 rings (SSSR count). The SMILES string of the molecule is CCC=CCCCCCCCCC=CCCCC.c1ccc(COCOCOCc2ccccc2)cc1. The maximum Gasteiger partial charge on any atom is 0.150 e. The predicted octanol–water partition coefficient (Wildman–Crippen LogP) is 10.2. The second-order valence-electron chi connectivity index (χ2n) is 9.30. The second kappa shape index (κ2) is 26.9. The van der Waals surface area contributed by atoms with Gasteiger partial charge in [0.25, 0.3) is 0 Å². The zero-order valence-corrected chi connectivity index (χ0v) is 23.6. The van der Waals surface area contributed by atoms with Crippen molar-refractivity contribution in [2.75, 3.05) is 13.6 Å². The van der Waals surface area contributed by atoms with Crippen molar-refractivity contribution in [3.05, 3.63) is 96.1 Å². The molecule has 206 valence electrons. The molecule has 0 aliphatic carbocycles. The first-order valence-corrected chi connectivity index (χ1v) is 14.5. The lowest BCUT2D eigenvalue weighted by molar-refractivity contribution is -0.139. The van der Waals surface area contributed by atoms with Crippen molar-refractivity contribution in [2.24, 2.45) is 0 Å². The Bertz CT molecular complexity index is 712. The average Bonchev–Trinajstić information content (AvgIpc) is 2.94. The molecule has 0 aromatic heterocycles. The molecule has 0 N–H and O–H groups in total. The third kappa shape index (κ3) is 22.7. The van der Waals surface area contributed by atoms with E-state index in [1.807, 2.05) is 60.7 Å². The van der Waals surface area contributed by atoms with Crippen LogP contribution in [-0.4, -0.2) is 13.6 Å². The zero-order chi connectivity index (χ0) is 26.5. The molecular formula is C34H52O3. The summed E-state index contributed by atoms with van der Waals surface area (Å²) in [7, 11) is 0. The molecule has 2 aromatic carbocycles. The highest BCUT2D eigenvalue weighted by molar-refractivity contribution is 5.14. The van der Waals surface area contributed by atoms with Gasteiger partial charge in [-0.1, -0.05) is 137 Å². The Morgan fingerprint density at radius 2 is 0.919 bits per heavy atom. The van der Waals surface area contributed by atoms with E-state index >= 15 is 0 Å². The van der Waals surface area contributed by atoms with Gasteiger partial charge in [-0.05, 0) is 49.7 Å². The normalized spacial score (nSPS) is 11.2. The Morgan fingerprint density at radius 1 is 0.486 bits per heavy atom. The Labute approximate surface area is 227 Å². The van der Waals surface area contributed by atoms with Gasteiger partial charge >= 0.3 is 0 Å². The lowest BCUT2D eigenvalue weighted by atomic mass is 10.1. The van der Waals surface area contributed by atoms with Crippen LogP contribution < -0.4 is 0 Å². The van der Waals surface area contributed by atoms with E-state index < -0.39 is 0 Å². The van der Waals surface area contributed by atoms with Gasteiger partial charge in [0, 0.05) is 0 Å². The molecule has 0 radical (unpaired) electrons. The Hall–Kier alpha value is -2.20. The van der Waals surface area contributed by atoms with Crippen LogP contribution in [0.5, 0.6) is 0 Å². The van der Waals surface area contributed by atoms with Gasteiger partial charge in [0.1, 0.15) is 13.6 Å². The van der Waals surface area contributed by atoms with Crippen molar-refractivity contribution in [3.8, 4) is 0 Å². The minimum atomic E-state index is 0.240. The third-order valence-corrected chi connectivity index (χ3v) is 5.84. The lowest BCUT2D eigenvalue weighted by Gasteiger charge is -2.07. The van der Waals surface area contributed by atoms with Crippen molar-refractivity contribution in [3.63, 3.8) is 0 Å². The Morgan fingerprint density at radius 3 is 1.38 bits per heavy atom. The van der Waals surface area contributed by atoms with Gasteiger partial charge in [-0.2, -0.15) is 0 Å². The Kier molecular flexibility index (Phi) is 23.8. The molecule has 0 atom stereocenters. The van der Waals surface area contributed by atoms with Crippen LogP contribution in [0.1, 0.15) is 102 Å². The zero-order valence-electron chi connectivity index (χ0n) is 23.6. The van der Waals surface area contributed by atoms with Crippen molar-refractivity contribution >= 4 is 0 Å². The van der Waals surface area contributed by atoms with E-state index in [2.05, 4.69) is 38.2 Å². The van der Waals surface area contributed by atoms with Crippen LogP contribution >= 0.6 is 0 Å². The smallest absolute Gasteiger partial charge is 0.150 e. The standard InChI is InChI=1S/C18H34.C16H18O3/c1-3-5-7-9-11-13-15-17-18-16-14-12-10-8-6-4-2;1-3-7-15(8-4-1)11-17-13-19-14-18-12-16-9-5-2-6-10-16/h5,7,10,12H,3-4,6,8-9,11,13-18H2,1-2H3;1-10H,11-14H2. The summed E-state index contributed by atoms with van der Waals surface area (Å²) >= 11 is 0. The van der Waals surface area contributed by atoms with Crippen molar-refractivity contribution < 1.29 is 14.2 Å². The summed E-state index contributed by atoms with van der Waals surface area (Å²) in [4.78, 5) is 0. The minimum absolute atomic E-state index is 0.240. The molecule has 0 amide bonds. The van der Waals surface area contributed by atoms with Crippen molar-refractivity contribution in [2.45, 2.75) is 104 Å². The predicted molar refractivity (Wildman–Crippen MR) is 158 cm³/mol. The van der Waals surface area contributed by atoms with Crippen LogP contribution in [0.4, 0.5) is 0 Å². The molecule has 0 spiro atoms. The third-order valence-electron chi connectivity index (χ3n) is 5.84. The van der Waals surface area contributed by atoms with Crippen LogP contribution in [0.25, 0.3) is 0 Å². The van der Waals surface area contributed by atoms with Crippen LogP contribution in [-0.2, 0) is 27.4 Å². The fraction of sp³-hybridized carbons (Fsp3) is 0.529. The molecule has 0 unspecified atom stereocenters. The van der Waals surface area contributed by atoms with Crippen LogP contribution in [0, 0.1) is 0 Å². The van der Waals surface area contributed by atoms with Gasteiger partial charge in [0.05, 0.1) is 13.2 Å². The monoisotopic (exact) mass is 508 g/mol. The maximum absolute atomic E-state index is 5.37. The summed E-state index contributed by atoms with van der Waals surface area (Å²) < 4.78 is 16.0. The highest BCUT2D eigenvalue weighted by atomic mass is 16.7. The maximum atomic E-state index is 5.37. The molecule has 0 saturated carbocycles. The first-order valence-electron chi connectivity index (χ1n) is 14.5. The van der Waals surface area contributed by atoms with Gasteiger partial charge in [-0.25, -0.2) is 0 Å². The molecule has 0 fully saturated rings. The molecule has 0 saturated heterocycles. The number of hydrogen-bond acceptors (Lipinski definition) is 3. The minimum Gasteiger partial charge on any atom is -0.351 e. The lowest BCUT2D eigenvalue weighted by Crippen LogP contribution is -2.04. The number of allylic oxidation sites excluding steroid dienone is 4. The van der Waals surface area contributed by atoms with E-state index in [0.29, 0.717) is 13.2 Å². The molecule has 0 bridgehead atoms. The van der Waals surface area contributed by atoms with Crippen molar-refractivity contribution in [1.29, 1.82) is 0 Å². The molecule has 0 aliphatic heterocycles. The molecule has 3 nitrogen and oxygen atoms in total. The number of unbranched alkanes of at least 4 members (excludes halogenated alkanes) is 9. The number of ether oxygens (including phenoxy) is 3. The fourth-order valence-corrected chi connectivity index (χ4v) is 3.69. The summed E-state index contributed by atoms with van der Waals surface area (Å²) in [6.07, 6.45) is 25.5.